The number of hydrogen-bond acceptors (Lipinski definition) is 4. The van der Waals surface area contributed by atoms with Gasteiger partial charge in [0.05, 0.1) is 6.54 Å². The van der Waals surface area contributed by atoms with Crippen molar-refractivity contribution < 1.29 is 4.79 Å². The topological polar surface area (TPSA) is 72.9 Å². The lowest BCUT2D eigenvalue weighted by atomic mass is 10.1. The average Bonchev–Trinajstić information content (AvgIpc) is 2.82. The summed E-state index contributed by atoms with van der Waals surface area (Å²) in [7, 11) is 1.83. The molecular weight excluding hydrogens is 228 g/mol. The van der Waals surface area contributed by atoms with Crippen molar-refractivity contribution in [1.29, 1.82) is 0 Å². The number of benzene rings is 1. The van der Waals surface area contributed by atoms with E-state index in [2.05, 4.69) is 10.4 Å². The monoisotopic (exact) mass is 244 g/mol. The molecule has 94 valence electrons. The summed E-state index contributed by atoms with van der Waals surface area (Å²) in [6.07, 6.45) is 1.82. The number of nitrogens with one attached hydrogen (secondary N) is 1. The Morgan fingerprint density at radius 1 is 1.33 bits per heavy atom. The van der Waals surface area contributed by atoms with Gasteiger partial charge in [-0.25, -0.2) is 0 Å². The standard InChI is InChI=1S/C13H16N4O/c1-17-7-6-13(16-17)15-9-12(18)11-4-2-10(8-14)3-5-11/h2-7H,8-9,14H2,1H3,(H,15,16). The second kappa shape index (κ2) is 5.46. The molecular formula is C13H16N4O. The molecule has 0 aliphatic heterocycles. The van der Waals surface area contributed by atoms with Crippen LogP contribution >= 0.6 is 0 Å². The predicted octanol–water partition coefficient (Wildman–Crippen LogP) is 1.17. The molecule has 0 spiro atoms. The van der Waals surface area contributed by atoms with Crippen LogP contribution in [0.4, 0.5) is 5.82 Å². The molecule has 2 aromatic rings. The Kier molecular flexibility index (Phi) is 3.74. The van der Waals surface area contributed by atoms with Crippen LogP contribution in [0.3, 0.4) is 0 Å². The Morgan fingerprint density at radius 2 is 2.06 bits per heavy atom. The molecule has 0 radical (unpaired) electrons. The highest BCUT2D eigenvalue weighted by molar-refractivity contribution is 5.98. The zero-order chi connectivity index (χ0) is 13.0. The molecule has 0 aliphatic carbocycles. The number of hydrogen-bond donors (Lipinski definition) is 2. The third-order valence-electron chi connectivity index (χ3n) is 2.66. The van der Waals surface area contributed by atoms with Crippen molar-refractivity contribution in [2.24, 2.45) is 12.8 Å². The summed E-state index contributed by atoms with van der Waals surface area (Å²) in [6.45, 7) is 0.722. The van der Waals surface area contributed by atoms with Gasteiger partial charge in [-0.15, -0.1) is 0 Å². The zero-order valence-electron chi connectivity index (χ0n) is 10.3. The van der Waals surface area contributed by atoms with E-state index in [1.165, 1.54) is 0 Å². The van der Waals surface area contributed by atoms with Gasteiger partial charge in [0, 0.05) is 31.4 Å². The van der Waals surface area contributed by atoms with Crippen LogP contribution in [0.25, 0.3) is 0 Å². The van der Waals surface area contributed by atoms with Crippen LogP contribution in [0.15, 0.2) is 36.5 Å². The van der Waals surface area contributed by atoms with Gasteiger partial charge in [-0.05, 0) is 5.56 Å². The lowest BCUT2D eigenvalue weighted by Gasteiger charge is -2.03. The smallest absolute Gasteiger partial charge is 0.181 e. The van der Waals surface area contributed by atoms with Gasteiger partial charge in [-0.3, -0.25) is 9.48 Å². The highest BCUT2D eigenvalue weighted by atomic mass is 16.1. The van der Waals surface area contributed by atoms with E-state index in [1.807, 2.05) is 31.4 Å². The molecule has 0 amide bonds. The maximum Gasteiger partial charge on any atom is 0.181 e. The van der Waals surface area contributed by atoms with Crippen molar-refractivity contribution in [2.75, 3.05) is 11.9 Å². The maximum atomic E-state index is 11.9. The lowest BCUT2D eigenvalue weighted by Crippen LogP contribution is -2.14. The van der Waals surface area contributed by atoms with Gasteiger partial charge >= 0.3 is 0 Å². The molecule has 0 atom stereocenters. The Balaban J connectivity index is 1.94. The maximum absolute atomic E-state index is 11.9. The number of aryl methyl sites for hydroxylation is 1. The molecule has 0 saturated heterocycles. The molecule has 0 unspecified atom stereocenters. The number of carbonyl (C=O) groups is 1. The number of ketones is 1. The van der Waals surface area contributed by atoms with Crippen molar-refractivity contribution in [3.05, 3.63) is 47.7 Å². The number of nitrogens with two attached hydrogens (primary N) is 1. The first-order valence-corrected chi connectivity index (χ1v) is 5.75. The molecule has 1 heterocycles. The fraction of sp³-hybridized carbons (Fsp3) is 0.231. The normalized spacial score (nSPS) is 10.3. The minimum atomic E-state index is 0.0317. The van der Waals surface area contributed by atoms with Crippen LogP contribution in [0.1, 0.15) is 15.9 Å². The Hall–Kier alpha value is -2.14. The fourth-order valence-electron chi connectivity index (χ4n) is 1.61. The number of carbonyl (C=O) groups excluding carboxylic acids is 1. The van der Waals surface area contributed by atoms with Gasteiger partial charge in [0.2, 0.25) is 0 Å². The molecule has 5 heteroatoms. The average molecular weight is 244 g/mol. The lowest BCUT2D eigenvalue weighted by molar-refractivity contribution is 0.101. The molecule has 0 aliphatic rings. The van der Waals surface area contributed by atoms with Crippen LogP contribution in [-0.2, 0) is 13.6 Å². The molecule has 0 bridgehead atoms. The summed E-state index contributed by atoms with van der Waals surface area (Å²) >= 11 is 0. The second-order valence-corrected chi connectivity index (χ2v) is 4.05. The van der Waals surface area contributed by atoms with Crippen molar-refractivity contribution in [3.8, 4) is 0 Å². The van der Waals surface area contributed by atoms with E-state index in [-0.39, 0.29) is 12.3 Å². The van der Waals surface area contributed by atoms with Gasteiger partial charge < -0.3 is 11.1 Å². The molecule has 5 nitrogen and oxygen atoms in total. The Labute approximate surface area is 106 Å². The first-order valence-electron chi connectivity index (χ1n) is 5.75. The van der Waals surface area contributed by atoms with Gasteiger partial charge in [0.15, 0.2) is 5.78 Å². The summed E-state index contributed by atoms with van der Waals surface area (Å²) in [5, 5.41) is 7.13. The summed E-state index contributed by atoms with van der Waals surface area (Å²) < 4.78 is 1.68. The molecule has 3 N–H and O–H groups in total. The quantitative estimate of drug-likeness (QED) is 0.774. The minimum absolute atomic E-state index is 0.0317. The first kappa shape index (κ1) is 12.3. The summed E-state index contributed by atoms with van der Waals surface area (Å²) in [6, 6.07) is 9.15. The van der Waals surface area contributed by atoms with Crippen molar-refractivity contribution in [3.63, 3.8) is 0 Å². The third-order valence-corrected chi connectivity index (χ3v) is 2.66. The molecule has 18 heavy (non-hydrogen) atoms. The van der Waals surface area contributed by atoms with E-state index in [1.54, 1.807) is 16.8 Å². The molecule has 0 saturated carbocycles. The van der Waals surface area contributed by atoms with Gasteiger partial charge in [-0.2, -0.15) is 5.10 Å². The van der Waals surface area contributed by atoms with Gasteiger partial charge in [-0.1, -0.05) is 24.3 Å². The van der Waals surface area contributed by atoms with E-state index in [0.717, 1.165) is 5.56 Å². The number of aromatic nitrogens is 2. The summed E-state index contributed by atoms with van der Waals surface area (Å²) in [5.41, 5.74) is 7.20. The highest BCUT2D eigenvalue weighted by Gasteiger charge is 2.06. The SMILES string of the molecule is Cn1ccc(NCC(=O)c2ccc(CN)cc2)n1. The van der Waals surface area contributed by atoms with Gasteiger partial charge in [0.1, 0.15) is 5.82 Å². The van der Waals surface area contributed by atoms with Crippen LogP contribution in [0.5, 0.6) is 0 Å². The molecule has 0 fully saturated rings. The Bertz CT molecular complexity index is 530. The zero-order valence-corrected chi connectivity index (χ0v) is 10.3. The van der Waals surface area contributed by atoms with E-state index in [0.29, 0.717) is 17.9 Å². The summed E-state index contributed by atoms with van der Waals surface area (Å²) in [4.78, 5) is 11.9. The van der Waals surface area contributed by atoms with Crippen LogP contribution in [0.2, 0.25) is 0 Å². The number of anilines is 1. The van der Waals surface area contributed by atoms with Crippen LogP contribution in [0, 0.1) is 0 Å². The molecule has 2 rings (SSSR count). The predicted molar refractivity (Wildman–Crippen MR) is 70.4 cm³/mol. The Morgan fingerprint density at radius 3 is 2.61 bits per heavy atom. The van der Waals surface area contributed by atoms with Crippen LogP contribution < -0.4 is 11.1 Å². The van der Waals surface area contributed by atoms with Crippen LogP contribution in [-0.4, -0.2) is 22.1 Å². The van der Waals surface area contributed by atoms with E-state index in [9.17, 15) is 4.79 Å². The molecule has 1 aromatic carbocycles. The fourth-order valence-corrected chi connectivity index (χ4v) is 1.61. The third kappa shape index (κ3) is 2.95. The number of rotatable bonds is 5. The van der Waals surface area contributed by atoms with Crippen molar-refractivity contribution >= 4 is 11.6 Å². The number of Topliss-reactive ketones (excluding diaryl/α,β-unsaturated/α-hetero) is 1. The van der Waals surface area contributed by atoms with Crippen molar-refractivity contribution in [2.45, 2.75) is 6.54 Å². The highest BCUT2D eigenvalue weighted by Crippen LogP contribution is 2.06. The first-order chi connectivity index (χ1) is 8.69. The van der Waals surface area contributed by atoms with E-state index < -0.39 is 0 Å². The number of nitrogens with zero attached hydrogens (tertiary/aromatic N) is 2. The van der Waals surface area contributed by atoms with Gasteiger partial charge in [0.25, 0.3) is 0 Å². The van der Waals surface area contributed by atoms with Crippen molar-refractivity contribution in [1.82, 2.24) is 9.78 Å². The second-order valence-electron chi connectivity index (χ2n) is 4.05. The summed E-state index contributed by atoms with van der Waals surface area (Å²) in [5.74, 6) is 0.730. The van der Waals surface area contributed by atoms with E-state index >= 15 is 0 Å². The largest absolute Gasteiger partial charge is 0.361 e. The van der Waals surface area contributed by atoms with E-state index in [4.69, 9.17) is 5.73 Å². The molecule has 1 aromatic heterocycles. The minimum Gasteiger partial charge on any atom is -0.361 e.